The summed E-state index contributed by atoms with van der Waals surface area (Å²) < 4.78 is 1.73. The molecule has 2 N–H and O–H groups in total. The third-order valence-corrected chi connectivity index (χ3v) is 1.88. The Balaban J connectivity index is 2.25. The molecule has 0 aliphatic heterocycles. The molecule has 0 spiro atoms. The third kappa shape index (κ3) is 2.01. The van der Waals surface area contributed by atoms with Crippen LogP contribution in [0.3, 0.4) is 0 Å². The Morgan fingerprint density at radius 2 is 2.33 bits per heavy atom. The van der Waals surface area contributed by atoms with E-state index < -0.39 is 0 Å². The van der Waals surface area contributed by atoms with Gasteiger partial charge >= 0.3 is 0 Å². The third-order valence-electron chi connectivity index (χ3n) is 1.88. The second kappa shape index (κ2) is 3.52. The Kier molecular flexibility index (Phi) is 2.20. The highest BCUT2D eigenvalue weighted by atomic mass is 16.1. The normalized spacial score (nSPS) is 10.5. The van der Waals surface area contributed by atoms with Crippen LogP contribution in [-0.2, 0) is 13.6 Å². The molecule has 2 aromatic rings. The number of nitrogens with zero attached hydrogens (tertiary/aromatic N) is 5. The average Bonchev–Trinajstić information content (AvgIpc) is 2.58. The summed E-state index contributed by atoms with van der Waals surface area (Å²) in [5.74, 6) is 0.570. The Morgan fingerprint density at radius 1 is 1.53 bits per heavy atom. The maximum absolute atomic E-state index is 11.0. The zero-order chi connectivity index (χ0) is 10.8. The summed E-state index contributed by atoms with van der Waals surface area (Å²) in [7, 11) is 1.69. The van der Waals surface area contributed by atoms with Gasteiger partial charge in [-0.05, 0) is 5.21 Å². The van der Waals surface area contributed by atoms with E-state index in [1.165, 1.54) is 10.9 Å². The Labute approximate surface area is 85.1 Å². The van der Waals surface area contributed by atoms with Crippen molar-refractivity contribution in [2.75, 3.05) is 5.73 Å². The SMILES string of the molecule is Cn1nnc(Cn2ccc(=O)c(N)c2)n1. The van der Waals surface area contributed by atoms with E-state index in [1.807, 2.05) is 0 Å². The van der Waals surface area contributed by atoms with Gasteiger partial charge < -0.3 is 10.3 Å². The second-order valence-electron chi connectivity index (χ2n) is 3.13. The first-order valence-corrected chi connectivity index (χ1v) is 4.33. The molecule has 15 heavy (non-hydrogen) atoms. The molecule has 0 amide bonds. The van der Waals surface area contributed by atoms with E-state index in [1.54, 1.807) is 24.0 Å². The molecule has 2 aromatic heterocycles. The second-order valence-corrected chi connectivity index (χ2v) is 3.13. The minimum atomic E-state index is -0.182. The fourth-order valence-electron chi connectivity index (χ4n) is 1.19. The van der Waals surface area contributed by atoms with Gasteiger partial charge in [-0.25, -0.2) is 0 Å². The van der Waals surface area contributed by atoms with E-state index in [0.29, 0.717) is 12.4 Å². The van der Waals surface area contributed by atoms with Gasteiger partial charge in [-0.2, -0.15) is 4.80 Å². The molecule has 0 unspecified atom stereocenters. The molecule has 0 atom stereocenters. The molecule has 2 rings (SSSR count). The highest BCUT2D eigenvalue weighted by Crippen LogP contribution is 1.96. The summed E-state index contributed by atoms with van der Waals surface area (Å²) >= 11 is 0. The van der Waals surface area contributed by atoms with Crippen LogP contribution in [0.1, 0.15) is 5.82 Å². The summed E-state index contributed by atoms with van der Waals surface area (Å²) in [5, 5.41) is 11.5. The van der Waals surface area contributed by atoms with Gasteiger partial charge in [0.15, 0.2) is 5.82 Å². The fourth-order valence-corrected chi connectivity index (χ4v) is 1.19. The number of hydrogen-bond acceptors (Lipinski definition) is 5. The van der Waals surface area contributed by atoms with Gasteiger partial charge in [0, 0.05) is 18.5 Å². The van der Waals surface area contributed by atoms with Crippen molar-refractivity contribution >= 4 is 5.69 Å². The Morgan fingerprint density at radius 3 is 2.93 bits per heavy atom. The number of anilines is 1. The highest BCUT2D eigenvalue weighted by molar-refractivity contribution is 5.33. The first-order chi connectivity index (χ1) is 7.15. The minimum Gasteiger partial charge on any atom is -0.394 e. The number of nitrogen functional groups attached to an aromatic ring is 1. The minimum absolute atomic E-state index is 0.182. The van der Waals surface area contributed by atoms with Crippen molar-refractivity contribution in [1.29, 1.82) is 0 Å². The van der Waals surface area contributed by atoms with Crippen molar-refractivity contribution in [2.45, 2.75) is 6.54 Å². The zero-order valence-electron chi connectivity index (χ0n) is 8.16. The lowest BCUT2D eigenvalue weighted by atomic mass is 10.4. The molecular weight excluding hydrogens is 196 g/mol. The first-order valence-electron chi connectivity index (χ1n) is 4.33. The van der Waals surface area contributed by atoms with E-state index in [9.17, 15) is 4.79 Å². The Bertz CT molecular complexity index is 528. The predicted molar refractivity (Wildman–Crippen MR) is 53.0 cm³/mol. The van der Waals surface area contributed by atoms with Crippen LogP contribution in [0.15, 0.2) is 23.3 Å². The molecule has 0 aliphatic carbocycles. The van der Waals surface area contributed by atoms with Crippen molar-refractivity contribution in [3.05, 3.63) is 34.5 Å². The molecule has 7 nitrogen and oxygen atoms in total. The van der Waals surface area contributed by atoms with Gasteiger partial charge in [0.2, 0.25) is 5.43 Å². The molecule has 7 heteroatoms. The van der Waals surface area contributed by atoms with E-state index >= 15 is 0 Å². The van der Waals surface area contributed by atoms with Gasteiger partial charge in [0.1, 0.15) is 0 Å². The van der Waals surface area contributed by atoms with Crippen molar-refractivity contribution in [3.63, 3.8) is 0 Å². The predicted octanol–water partition coefficient (Wildman–Crippen LogP) is -0.998. The largest absolute Gasteiger partial charge is 0.394 e. The van der Waals surface area contributed by atoms with Gasteiger partial charge in [-0.1, -0.05) is 0 Å². The molecule has 0 saturated heterocycles. The van der Waals surface area contributed by atoms with Gasteiger partial charge in [0.05, 0.1) is 19.3 Å². The smallest absolute Gasteiger partial charge is 0.204 e. The number of aryl methyl sites for hydroxylation is 1. The van der Waals surface area contributed by atoms with Crippen LogP contribution in [0.2, 0.25) is 0 Å². The molecule has 2 heterocycles. The monoisotopic (exact) mass is 206 g/mol. The van der Waals surface area contributed by atoms with Crippen molar-refractivity contribution in [2.24, 2.45) is 7.05 Å². The topological polar surface area (TPSA) is 91.6 Å². The first kappa shape index (κ1) is 9.38. The van der Waals surface area contributed by atoms with Crippen molar-refractivity contribution < 1.29 is 0 Å². The summed E-state index contributed by atoms with van der Waals surface area (Å²) in [4.78, 5) is 12.4. The molecule has 78 valence electrons. The lowest BCUT2D eigenvalue weighted by Crippen LogP contribution is -2.11. The van der Waals surface area contributed by atoms with Crippen LogP contribution >= 0.6 is 0 Å². The van der Waals surface area contributed by atoms with Crippen molar-refractivity contribution in [3.8, 4) is 0 Å². The summed E-state index contributed by atoms with van der Waals surface area (Å²) in [6.45, 7) is 0.443. The lowest BCUT2D eigenvalue weighted by molar-refractivity contribution is 0.625. The van der Waals surface area contributed by atoms with E-state index in [0.717, 1.165) is 0 Å². The molecule has 0 radical (unpaired) electrons. The maximum Gasteiger partial charge on any atom is 0.204 e. The molecule has 0 bridgehead atoms. The number of aromatic nitrogens is 5. The lowest BCUT2D eigenvalue weighted by Gasteiger charge is -2.02. The number of hydrogen-bond donors (Lipinski definition) is 1. The summed E-state index contributed by atoms with van der Waals surface area (Å²) in [6.07, 6.45) is 3.19. The maximum atomic E-state index is 11.0. The molecular formula is C8H10N6O. The number of rotatable bonds is 2. The van der Waals surface area contributed by atoms with Crippen LogP contribution in [0.25, 0.3) is 0 Å². The molecule has 0 aromatic carbocycles. The van der Waals surface area contributed by atoms with Gasteiger partial charge in [-0.3, -0.25) is 4.79 Å². The summed E-state index contributed by atoms with van der Waals surface area (Å²) in [5.41, 5.74) is 5.51. The van der Waals surface area contributed by atoms with E-state index in [2.05, 4.69) is 15.4 Å². The van der Waals surface area contributed by atoms with Crippen molar-refractivity contribution in [1.82, 2.24) is 24.8 Å². The van der Waals surface area contributed by atoms with Crippen LogP contribution in [0.4, 0.5) is 5.69 Å². The number of tetrazole rings is 1. The fraction of sp³-hybridized carbons (Fsp3) is 0.250. The quantitative estimate of drug-likeness (QED) is 0.680. The molecule has 0 fully saturated rings. The molecule has 0 aliphatic rings. The van der Waals surface area contributed by atoms with E-state index in [-0.39, 0.29) is 11.1 Å². The van der Waals surface area contributed by atoms with Gasteiger partial charge in [0.25, 0.3) is 0 Å². The number of nitrogens with two attached hydrogens (primary N) is 1. The zero-order valence-corrected chi connectivity index (χ0v) is 8.16. The number of pyridine rings is 1. The van der Waals surface area contributed by atoms with Gasteiger partial charge in [-0.15, -0.1) is 10.2 Å². The van der Waals surface area contributed by atoms with Crippen LogP contribution < -0.4 is 11.2 Å². The standard InChI is InChI=1S/C8H10N6O/c1-13-11-8(10-12-13)5-14-3-2-7(15)6(9)4-14/h2-4H,5,9H2,1H3. The van der Waals surface area contributed by atoms with Crippen LogP contribution in [-0.4, -0.2) is 24.8 Å². The Hall–Kier alpha value is -2.18. The molecule has 0 saturated carbocycles. The van der Waals surface area contributed by atoms with E-state index in [4.69, 9.17) is 5.73 Å². The van der Waals surface area contributed by atoms with Crippen LogP contribution in [0.5, 0.6) is 0 Å². The summed E-state index contributed by atoms with van der Waals surface area (Å²) in [6, 6.07) is 1.41. The highest BCUT2D eigenvalue weighted by Gasteiger charge is 2.01. The van der Waals surface area contributed by atoms with Crippen LogP contribution in [0, 0.1) is 0 Å². The average molecular weight is 206 g/mol.